The van der Waals surface area contributed by atoms with E-state index in [0.717, 1.165) is 11.8 Å². The number of fused-ring (bicyclic) bond motifs is 1. The van der Waals surface area contributed by atoms with Crippen molar-refractivity contribution in [1.29, 1.82) is 0 Å². The van der Waals surface area contributed by atoms with Crippen molar-refractivity contribution in [2.75, 3.05) is 0 Å². The molecular weight excluding hydrogens is 110 g/mol. The Hall–Kier alpha value is -0.0400. The van der Waals surface area contributed by atoms with Crippen LogP contribution in [0.4, 0.5) is 0 Å². The zero-order valence-corrected chi connectivity index (χ0v) is 6.06. The van der Waals surface area contributed by atoms with E-state index in [1.54, 1.807) is 0 Å². The zero-order chi connectivity index (χ0) is 6.48. The molecule has 0 aliphatic heterocycles. The Morgan fingerprint density at radius 2 is 1.67 bits per heavy atom. The van der Waals surface area contributed by atoms with E-state index in [9.17, 15) is 0 Å². The molecule has 3 atom stereocenters. The molecule has 1 unspecified atom stereocenters. The van der Waals surface area contributed by atoms with E-state index >= 15 is 0 Å². The average molecular weight is 125 g/mol. The maximum Gasteiger partial charge on any atom is 0.0189 e. The molecule has 0 aromatic carbocycles. The summed E-state index contributed by atoms with van der Waals surface area (Å²) in [6.45, 7) is 2.22. The lowest BCUT2D eigenvalue weighted by Gasteiger charge is -2.04. The third kappa shape index (κ3) is 0.644. The molecule has 2 fully saturated rings. The fourth-order valence-electron chi connectivity index (χ4n) is 2.48. The van der Waals surface area contributed by atoms with Crippen LogP contribution in [0.15, 0.2) is 0 Å². The molecule has 1 heteroatoms. The number of hydrogen-bond donors (Lipinski definition) is 1. The molecule has 1 nitrogen and oxygen atoms in total. The number of nitrogens with two attached hydrogens (primary N) is 1. The molecule has 0 amide bonds. The third-order valence-electron chi connectivity index (χ3n) is 3.25. The van der Waals surface area contributed by atoms with E-state index in [2.05, 4.69) is 6.92 Å². The van der Waals surface area contributed by atoms with Crippen LogP contribution in [0.25, 0.3) is 0 Å². The molecule has 52 valence electrons. The molecule has 9 heavy (non-hydrogen) atoms. The molecule has 2 saturated carbocycles. The minimum absolute atomic E-state index is 0.247. The molecule has 0 aromatic rings. The largest absolute Gasteiger partial charge is 0.325 e. The molecule has 0 radical (unpaired) electrons. The summed E-state index contributed by atoms with van der Waals surface area (Å²) in [4.78, 5) is 0. The Bertz CT molecular complexity index is 115. The maximum absolute atomic E-state index is 6.01. The van der Waals surface area contributed by atoms with Crippen LogP contribution < -0.4 is 5.73 Å². The van der Waals surface area contributed by atoms with Gasteiger partial charge in [0.1, 0.15) is 0 Å². The van der Waals surface area contributed by atoms with Gasteiger partial charge in [-0.2, -0.15) is 0 Å². The van der Waals surface area contributed by atoms with Crippen molar-refractivity contribution in [3.05, 3.63) is 0 Å². The van der Waals surface area contributed by atoms with Gasteiger partial charge in [0.2, 0.25) is 0 Å². The summed E-state index contributed by atoms with van der Waals surface area (Å²) in [5.74, 6) is 1.79. The van der Waals surface area contributed by atoms with Gasteiger partial charge in [0.15, 0.2) is 0 Å². The van der Waals surface area contributed by atoms with Gasteiger partial charge in [0, 0.05) is 5.54 Å². The lowest BCUT2D eigenvalue weighted by molar-refractivity contribution is 0.480. The molecule has 0 saturated heterocycles. The van der Waals surface area contributed by atoms with Gasteiger partial charge in [0.05, 0.1) is 0 Å². The van der Waals surface area contributed by atoms with Crippen molar-refractivity contribution in [3.8, 4) is 0 Å². The predicted molar refractivity (Wildman–Crippen MR) is 38.0 cm³/mol. The standard InChI is InChI=1S/C8H15N/c1-8(9)6-4-2-3-5-7(6)8/h6-7H,2-5,9H2,1H3/t6-,7+,8?. The fraction of sp³-hybridized carbons (Fsp3) is 1.00. The van der Waals surface area contributed by atoms with Crippen LogP contribution in [-0.2, 0) is 0 Å². The highest BCUT2D eigenvalue weighted by molar-refractivity contribution is 5.13. The molecule has 0 bridgehead atoms. The van der Waals surface area contributed by atoms with Gasteiger partial charge < -0.3 is 5.73 Å². The molecular formula is C8H15N. The Morgan fingerprint density at radius 1 is 1.22 bits per heavy atom. The van der Waals surface area contributed by atoms with Crippen LogP contribution in [0.3, 0.4) is 0 Å². The van der Waals surface area contributed by atoms with E-state index in [1.165, 1.54) is 25.7 Å². The van der Waals surface area contributed by atoms with Crippen molar-refractivity contribution < 1.29 is 0 Å². The maximum atomic E-state index is 6.01. The normalized spacial score (nSPS) is 56.7. The predicted octanol–water partition coefficient (Wildman–Crippen LogP) is 1.52. The zero-order valence-electron chi connectivity index (χ0n) is 6.06. The first-order valence-electron chi connectivity index (χ1n) is 4.02. The molecule has 2 N–H and O–H groups in total. The minimum Gasteiger partial charge on any atom is -0.325 e. The van der Waals surface area contributed by atoms with Crippen molar-refractivity contribution >= 4 is 0 Å². The monoisotopic (exact) mass is 125 g/mol. The van der Waals surface area contributed by atoms with E-state index in [0.29, 0.717) is 0 Å². The minimum atomic E-state index is 0.247. The number of rotatable bonds is 0. The molecule has 2 aliphatic carbocycles. The first-order chi connectivity index (χ1) is 4.23. The van der Waals surface area contributed by atoms with Crippen molar-refractivity contribution in [1.82, 2.24) is 0 Å². The molecule has 0 spiro atoms. The van der Waals surface area contributed by atoms with Crippen molar-refractivity contribution in [2.24, 2.45) is 17.6 Å². The highest BCUT2D eigenvalue weighted by atomic mass is 14.9. The van der Waals surface area contributed by atoms with Crippen LogP contribution in [0.5, 0.6) is 0 Å². The topological polar surface area (TPSA) is 26.0 Å². The lowest BCUT2D eigenvalue weighted by atomic mass is 10.0. The van der Waals surface area contributed by atoms with Crippen molar-refractivity contribution in [2.45, 2.75) is 38.1 Å². The second kappa shape index (κ2) is 1.51. The molecule has 0 heterocycles. The van der Waals surface area contributed by atoms with Crippen LogP contribution >= 0.6 is 0 Å². The molecule has 0 aromatic heterocycles. The molecule has 2 rings (SSSR count). The van der Waals surface area contributed by atoms with Gasteiger partial charge in [-0.15, -0.1) is 0 Å². The summed E-state index contributed by atoms with van der Waals surface area (Å²) >= 11 is 0. The summed E-state index contributed by atoms with van der Waals surface area (Å²) < 4.78 is 0. The lowest BCUT2D eigenvalue weighted by Crippen LogP contribution is -2.21. The number of hydrogen-bond acceptors (Lipinski definition) is 1. The summed E-state index contributed by atoms with van der Waals surface area (Å²) in [6.07, 6.45) is 5.65. The smallest absolute Gasteiger partial charge is 0.0189 e. The Balaban J connectivity index is 2.06. The Morgan fingerprint density at radius 3 is 2.00 bits per heavy atom. The fourth-order valence-corrected chi connectivity index (χ4v) is 2.48. The van der Waals surface area contributed by atoms with Gasteiger partial charge in [-0.1, -0.05) is 12.8 Å². The van der Waals surface area contributed by atoms with Gasteiger partial charge in [-0.25, -0.2) is 0 Å². The van der Waals surface area contributed by atoms with Gasteiger partial charge in [-0.05, 0) is 31.6 Å². The van der Waals surface area contributed by atoms with Gasteiger partial charge in [0.25, 0.3) is 0 Å². The van der Waals surface area contributed by atoms with Crippen LogP contribution in [-0.4, -0.2) is 5.54 Å². The van der Waals surface area contributed by atoms with E-state index in [4.69, 9.17) is 5.73 Å². The SMILES string of the molecule is CC1(N)[C@@H]2CCCC[C@@H]21. The highest BCUT2D eigenvalue weighted by Crippen LogP contribution is 2.56. The van der Waals surface area contributed by atoms with Gasteiger partial charge >= 0.3 is 0 Å². The van der Waals surface area contributed by atoms with Gasteiger partial charge in [-0.3, -0.25) is 0 Å². The first kappa shape index (κ1) is 5.72. The summed E-state index contributed by atoms with van der Waals surface area (Å²) in [6, 6.07) is 0. The Labute approximate surface area is 56.6 Å². The van der Waals surface area contributed by atoms with E-state index in [-0.39, 0.29) is 5.54 Å². The highest BCUT2D eigenvalue weighted by Gasteiger charge is 2.58. The quantitative estimate of drug-likeness (QED) is 0.522. The van der Waals surface area contributed by atoms with Crippen molar-refractivity contribution in [3.63, 3.8) is 0 Å². The summed E-state index contributed by atoms with van der Waals surface area (Å²) in [7, 11) is 0. The van der Waals surface area contributed by atoms with Crippen LogP contribution in [0, 0.1) is 11.8 Å². The second-order valence-electron chi connectivity index (χ2n) is 3.86. The van der Waals surface area contributed by atoms with E-state index in [1.807, 2.05) is 0 Å². The molecule has 2 aliphatic rings. The average Bonchev–Trinajstić information content (AvgIpc) is 2.39. The van der Waals surface area contributed by atoms with Crippen LogP contribution in [0.2, 0.25) is 0 Å². The Kier molecular flexibility index (Phi) is 0.963. The second-order valence-corrected chi connectivity index (χ2v) is 3.86. The van der Waals surface area contributed by atoms with E-state index < -0.39 is 0 Å². The first-order valence-corrected chi connectivity index (χ1v) is 4.02. The summed E-state index contributed by atoms with van der Waals surface area (Å²) in [5, 5.41) is 0. The third-order valence-corrected chi connectivity index (χ3v) is 3.25. The van der Waals surface area contributed by atoms with Crippen LogP contribution in [0.1, 0.15) is 32.6 Å². The summed E-state index contributed by atoms with van der Waals surface area (Å²) in [5.41, 5.74) is 6.26.